The van der Waals surface area contributed by atoms with Gasteiger partial charge in [-0.2, -0.15) is 4.72 Å². The molecule has 1 aliphatic heterocycles. The second-order valence-corrected chi connectivity index (χ2v) is 11.1. The van der Waals surface area contributed by atoms with Crippen molar-refractivity contribution in [2.24, 2.45) is 5.92 Å². The smallest absolute Gasteiger partial charge is 0.324 e. The normalized spacial score (nSPS) is 15.9. The summed E-state index contributed by atoms with van der Waals surface area (Å²) in [4.78, 5) is 19.2. The molecule has 2 N–H and O–H groups in total. The molecule has 0 saturated carbocycles. The number of carbonyl (C=O) groups excluding carboxylic acids is 1. The summed E-state index contributed by atoms with van der Waals surface area (Å²) in [6.07, 6.45) is 3.98. The van der Waals surface area contributed by atoms with Crippen molar-refractivity contribution in [2.75, 3.05) is 10.2 Å². The first-order valence-corrected chi connectivity index (χ1v) is 13.5. The molecule has 3 aromatic rings. The molecule has 4 rings (SSSR count). The van der Waals surface area contributed by atoms with Crippen molar-refractivity contribution in [2.45, 2.75) is 57.4 Å². The molecular weight excluding hydrogens is 476 g/mol. The van der Waals surface area contributed by atoms with Gasteiger partial charge in [-0.05, 0) is 48.6 Å². The van der Waals surface area contributed by atoms with Crippen LogP contribution in [-0.4, -0.2) is 31.6 Å². The summed E-state index contributed by atoms with van der Waals surface area (Å²) < 4.78 is 34.2. The monoisotopic (exact) mass is 508 g/mol. The van der Waals surface area contributed by atoms with Gasteiger partial charge in [-0.3, -0.25) is 9.78 Å². The van der Waals surface area contributed by atoms with Crippen LogP contribution in [0.3, 0.4) is 0 Å². The van der Waals surface area contributed by atoms with Crippen LogP contribution in [0.5, 0.6) is 0 Å². The van der Waals surface area contributed by atoms with Crippen molar-refractivity contribution in [3.8, 4) is 0 Å². The fourth-order valence-electron chi connectivity index (χ4n) is 4.20. The zero-order valence-electron chi connectivity index (χ0n) is 20.7. The van der Waals surface area contributed by atoms with E-state index in [0.717, 1.165) is 22.5 Å². The van der Waals surface area contributed by atoms with Crippen LogP contribution in [0.15, 0.2) is 78.0 Å². The predicted octanol–water partition coefficient (Wildman–Crippen LogP) is 4.30. The Labute approximate surface area is 212 Å². The Bertz CT molecular complexity index is 1280. The van der Waals surface area contributed by atoms with Gasteiger partial charge in [0, 0.05) is 12.7 Å². The molecule has 1 aromatic heterocycles. The molecule has 0 amide bonds. The summed E-state index contributed by atoms with van der Waals surface area (Å²) in [6, 6.07) is 17.0. The number of aromatic nitrogens is 1. The van der Waals surface area contributed by atoms with Gasteiger partial charge in [-0.25, -0.2) is 8.42 Å². The Kier molecular flexibility index (Phi) is 7.91. The maximum Gasteiger partial charge on any atom is 0.324 e. The van der Waals surface area contributed by atoms with Gasteiger partial charge in [0.1, 0.15) is 12.6 Å². The van der Waals surface area contributed by atoms with Crippen LogP contribution in [0.1, 0.15) is 38.3 Å². The molecule has 2 atom stereocenters. The highest BCUT2D eigenvalue weighted by Gasteiger charge is 2.28. The third-order valence-electron chi connectivity index (χ3n) is 6.04. The summed E-state index contributed by atoms with van der Waals surface area (Å²) >= 11 is 0. The fourth-order valence-corrected chi connectivity index (χ4v) is 5.40. The maximum atomic E-state index is 13.1. The van der Waals surface area contributed by atoms with Gasteiger partial charge in [-0.1, -0.05) is 56.3 Å². The number of carbonyl (C=O) groups is 1. The summed E-state index contributed by atoms with van der Waals surface area (Å²) in [5, 5.41) is 3.39. The number of fused-ring (bicyclic) bond motifs is 1. The molecule has 0 bridgehead atoms. The molecule has 0 fully saturated rings. The lowest BCUT2D eigenvalue weighted by Crippen LogP contribution is -2.42. The second-order valence-electron chi connectivity index (χ2n) is 9.38. The van der Waals surface area contributed by atoms with Gasteiger partial charge >= 0.3 is 5.97 Å². The molecule has 9 heteroatoms. The Hall–Kier alpha value is -3.43. The van der Waals surface area contributed by atoms with Crippen LogP contribution in [0.2, 0.25) is 0 Å². The minimum atomic E-state index is -3.92. The van der Waals surface area contributed by atoms with E-state index in [0.29, 0.717) is 13.0 Å². The number of anilines is 2. The highest BCUT2D eigenvalue weighted by atomic mass is 32.2. The van der Waals surface area contributed by atoms with Gasteiger partial charge in [0.15, 0.2) is 0 Å². The lowest BCUT2D eigenvalue weighted by Gasteiger charge is -2.24. The third kappa shape index (κ3) is 6.22. The molecule has 1 unspecified atom stereocenters. The molecule has 2 aromatic carbocycles. The van der Waals surface area contributed by atoms with Gasteiger partial charge in [-0.15, -0.1) is 0 Å². The van der Waals surface area contributed by atoms with Crippen molar-refractivity contribution >= 4 is 27.4 Å². The number of benzene rings is 2. The molecule has 0 spiro atoms. The van der Waals surface area contributed by atoms with E-state index in [1.165, 1.54) is 0 Å². The molecule has 0 radical (unpaired) electrons. The number of hydrogen-bond acceptors (Lipinski definition) is 7. The first-order valence-electron chi connectivity index (χ1n) is 12.0. The van der Waals surface area contributed by atoms with E-state index in [2.05, 4.69) is 26.8 Å². The van der Waals surface area contributed by atoms with Gasteiger partial charge in [0.05, 0.1) is 28.6 Å². The Balaban J connectivity index is 1.43. The van der Waals surface area contributed by atoms with E-state index in [1.807, 2.05) is 50.2 Å². The van der Waals surface area contributed by atoms with Crippen LogP contribution in [0.25, 0.3) is 0 Å². The lowest BCUT2D eigenvalue weighted by molar-refractivity contribution is -0.147. The Morgan fingerprint density at radius 1 is 1.08 bits per heavy atom. The molecule has 1 aliphatic rings. The molecule has 0 aliphatic carbocycles. The van der Waals surface area contributed by atoms with E-state index in [4.69, 9.17) is 4.74 Å². The number of pyridine rings is 1. The van der Waals surface area contributed by atoms with Gasteiger partial charge < -0.3 is 15.0 Å². The van der Waals surface area contributed by atoms with Crippen LogP contribution >= 0.6 is 0 Å². The molecular formula is C27H32N4O4S. The molecule has 36 heavy (non-hydrogen) atoms. The number of sulfonamides is 1. The van der Waals surface area contributed by atoms with Crippen molar-refractivity contribution in [3.05, 3.63) is 84.2 Å². The summed E-state index contributed by atoms with van der Waals surface area (Å²) in [5.74, 6) is -0.491. The standard InChI is InChI=1S/C27H32N4O4S/c1-19(2)15-24(27(32)35-18-22-7-5-4-6-8-22)30-36(33,34)23-11-9-21(10-12-23)17-31-20(3)29-25-16-28-14-13-26(25)31/h4-14,16,19-20,24,29-30H,15,17-18H2,1-3H3/t20?,24-/m0/s1. The highest BCUT2D eigenvalue weighted by Crippen LogP contribution is 2.34. The van der Waals surface area contributed by atoms with Crippen molar-refractivity contribution in [1.82, 2.24) is 9.71 Å². The van der Waals surface area contributed by atoms with E-state index >= 15 is 0 Å². The molecule has 0 saturated heterocycles. The first kappa shape index (κ1) is 25.7. The second kappa shape index (κ2) is 11.1. The van der Waals surface area contributed by atoms with Crippen LogP contribution in [-0.2, 0) is 32.7 Å². The minimum Gasteiger partial charge on any atom is -0.460 e. The lowest BCUT2D eigenvalue weighted by atomic mass is 10.1. The van der Waals surface area contributed by atoms with E-state index in [-0.39, 0.29) is 23.6 Å². The Morgan fingerprint density at radius 3 is 2.50 bits per heavy atom. The third-order valence-corrected chi connectivity index (χ3v) is 7.53. The maximum absolute atomic E-state index is 13.1. The zero-order chi connectivity index (χ0) is 25.7. The predicted molar refractivity (Wildman–Crippen MR) is 140 cm³/mol. The summed E-state index contributed by atoms with van der Waals surface area (Å²) in [5.41, 5.74) is 3.84. The Morgan fingerprint density at radius 2 is 1.81 bits per heavy atom. The van der Waals surface area contributed by atoms with Crippen molar-refractivity contribution in [1.29, 1.82) is 0 Å². The van der Waals surface area contributed by atoms with Gasteiger partial charge in [0.2, 0.25) is 10.0 Å². The SMILES string of the molecule is CC(C)C[C@H](NS(=O)(=O)c1ccc(CN2c3ccncc3NC2C)cc1)C(=O)OCc1ccccc1. The van der Waals surface area contributed by atoms with E-state index in [9.17, 15) is 13.2 Å². The van der Waals surface area contributed by atoms with Gasteiger partial charge in [0.25, 0.3) is 0 Å². The van der Waals surface area contributed by atoms with Crippen LogP contribution < -0.4 is 14.9 Å². The van der Waals surface area contributed by atoms with Crippen LogP contribution in [0.4, 0.5) is 11.4 Å². The minimum absolute atomic E-state index is 0.0907. The van der Waals surface area contributed by atoms with Crippen LogP contribution in [0, 0.1) is 5.92 Å². The number of ether oxygens (including phenoxy) is 1. The summed E-state index contributed by atoms with van der Waals surface area (Å²) in [7, 11) is -3.92. The first-order chi connectivity index (χ1) is 17.2. The fraction of sp³-hybridized carbons (Fsp3) is 0.333. The quantitative estimate of drug-likeness (QED) is 0.394. The number of nitrogens with one attached hydrogen (secondary N) is 2. The average Bonchev–Trinajstić information content (AvgIpc) is 3.17. The zero-order valence-corrected chi connectivity index (χ0v) is 21.5. The molecule has 190 valence electrons. The number of esters is 1. The average molecular weight is 509 g/mol. The van der Waals surface area contributed by atoms with Crippen molar-refractivity contribution in [3.63, 3.8) is 0 Å². The molecule has 8 nitrogen and oxygen atoms in total. The van der Waals surface area contributed by atoms with E-state index in [1.54, 1.807) is 36.7 Å². The number of rotatable bonds is 10. The van der Waals surface area contributed by atoms with Crippen molar-refractivity contribution < 1.29 is 17.9 Å². The highest BCUT2D eigenvalue weighted by molar-refractivity contribution is 7.89. The molecule has 2 heterocycles. The van der Waals surface area contributed by atoms with E-state index < -0.39 is 22.0 Å². The number of nitrogens with zero attached hydrogens (tertiary/aromatic N) is 2. The largest absolute Gasteiger partial charge is 0.460 e. The summed E-state index contributed by atoms with van der Waals surface area (Å²) in [6.45, 7) is 6.63. The topological polar surface area (TPSA) is 101 Å². The number of hydrogen-bond donors (Lipinski definition) is 2.